The summed E-state index contributed by atoms with van der Waals surface area (Å²) in [7, 11) is 1.64. The molecule has 1 aromatic carbocycles. The van der Waals surface area contributed by atoms with Gasteiger partial charge in [-0.15, -0.1) is 11.6 Å². The molecule has 96 valence electrons. The molecule has 0 spiro atoms. The van der Waals surface area contributed by atoms with Crippen molar-refractivity contribution >= 4 is 28.9 Å². The lowest BCUT2D eigenvalue weighted by molar-refractivity contribution is 0.260. The largest absolute Gasteiger partial charge is 0.497 e. The van der Waals surface area contributed by atoms with Crippen LogP contribution < -0.4 is 10.2 Å². The van der Waals surface area contributed by atoms with Gasteiger partial charge in [0, 0.05) is 5.56 Å². The lowest BCUT2D eigenvalue weighted by Crippen LogP contribution is -2.37. The predicted molar refractivity (Wildman–Crippen MR) is 74.0 cm³/mol. The first kappa shape index (κ1) is 13.1. The number of ether oxygens (including phenoxy) is 1. The Bertz CT molecular complexity index is 471. The van der Waals surface area contributed by atoms with Gasteiger partial charge in [-0.1, -0.05) is 11.6 Å². The quantitative estimate of drug-likeness (QED) is 0.682. The molecule has 1 aromatic rings. The summed E-state index contributed by atoms with van der Waals surface area (Å²) in [5.41, 5.74) is 5.65. The highest BCUT2D eigenvalue weighted by Crippen LogP contribution is 2.15. The summed E-state index contributed by atoms with van der Waals surface area (Å²) >= 11 is 11.6. The molecule has 0 fully saturated rings. The summed E-state index contributed by atoms with van der Waals surface area (Å²) in [6.45, 7) is 0. The summed E-state index contributed by atoms with van der Waals surface area (Å²) < 4.78 is 5.12. The number of rotatable bonds is 4. The molecule has 1 N–H and O–H groups in total. The number of hydrazine groups is 1. The fourth-order valence-electron chi connectivity index (χ4n) is 1.57. The maximum Gasteiger partial charge on any atom is 0.132 e. The number of hydrogen-bond donors (Lipinski definition) is 1. The number of methoxy groups -OCH3 is 1. The van der Waals surface area contributed by atoms with E-state index in [0.29, 0.717) is 5.88 Å². The van der Waals surface area contributed by atoms with Crippen LogP contribution in [-0.4, -0.2) is 29.8 Å². The summed E-state index contributed by atoms with van der Waals surface area (Å²) in [5, 5.41) is 5.90. The van der Waals surface area contributed by atoms with Crippen molar-refractivity contribution in [2.45, 2.75) is 0 Å². The number of hydrazone groups is 1. The topological polar surface area (TPSA) is 36.9 Å². The van der Waals surface area contributed by atoms with E-state index in [-0.39, 0.29) is 6.00 Å². The number of hydrogen-bond acceptors (Lipinski definition) is 4. The highest BCUT2D eigenvalue weighted by Gasteiger charge is 2.12. The maximum absolute atomic E-state index is 5.83. The van der Waals surface area contributed by atoms with Gasteiger partial charge in [0.15, 0.2) is 0 Å². The second-order valence-corrected chi connectivity index (χ2v) is 4.15. The van der Waals surface area contributed by atoms with Gasteiger partial charge in [0.25, 0.3) is 0 Å². The molecule has 0 bridgehead atoms. The third kappa shape index (κ3) is 2.89. The van der Waals surface area contributed by atoms with Gasteiger partial charge in [-0.3, -0.25) is 5.43 Å². The molecule has 4 nitrogen and oxygen atoms in total. The molecule has 0 aliphatic carbocycles. The van der Waals surface area contributed by atoms with Gasteiger partial charge in [0.1, 0.15) is 11.8 Å². The number of nitrogens with one attached hydrogen (secondary N) is 1. The van der Waals surface area contributed by atoms with Crippen molar-refractivity contribution in [1.82, 2.24) is 10.5 Å². The first-order valence-electron chi connectivity index (χ1n) is 5.36. The zero-order chi connectivity index (χ0) is 13.0. The maximum atomic E-state index is 5.83. The van der Waals surface area contributed by atoms with Crippen molar-refractivity contribution in [3.63, 3.8) is 0 Å². The van der Waals surface area contributed by atoms with Crippen molar-refractivity contribution in [3.8, 4) is 5.75 Å². The lowest BCUT2D eigenvalue weighted by Gasteiger charge is -2.24. The first-order valence-corrected chi connectivity index (χ1v) is 6.43. The monoisotopic (exact) mass is 285 g/mol. The molecule has 18 heavy (non-hydrogen) atoms. The van der Waals surface area contributed by atoms with Gasteiger partial charge in [0.2, 0.25) is 0 Å². The fraction of sp³-hybridized carbons (Fsp3) is 0.250. The number of allylic oxidation sites excluding steroid dienone is 2. The molecule has 0 amide bonds. The van der Waals surface area contributed by atoms with Crippen molar-refractivity contribution < 1.29 is 4.74 Å². The van der Waals surface area contributed by atoms with Crippen LogP contribution in [0.1, 0.15) is 5.56 Å². The Morgan fingerprint density at radius 1 is 1.28 bits per heavy atom. The molecule has 1 aliphatic heterocycles. The van der Waals surface area contributed by atoms with Crippen LogP contribution in [0.25, 0.3) is 0 Å². The van der Waals surface area contributed by atoms with Gasteiger partial charge < -0.3 is 4.74 Å². The van der Waals surface area contributed by atoms with E-state index >= 15 is 0 Å². The number of benzene rings is 1. The van der Waals surface area contributed by atoms with E-state index in [0.717, 1.165) is 22.7 Å². The Kier molecular flexibility index (Phi) is 4.33. The molecule has 0 atom stereocenters. The third-order valence-electron chi connectivity index (χ3n) is 2.46. The van der Waals surface area contributed by atoms with Crippen molar-refractivity contribution in [2.24, 2.45) is 5.10 Å². The Labute approximate surface area is 116 Å². The van der Waals surface area contributed by atoms with Gasteiger partial charge in [0.05, 0.1) is 24.4 Å². The van der Waals surface area contributed by atoms with Crippen LogP contribution in [0.4, 0.5) is 0 Å². The zero-order valence-electron chi connectivity index (χ0n) is 9.86. The van der Waals surface area contributed by atoms with Crippen LogP contribution in [0.3, 0.4) is 0 Å². The van der Waals surface area contributed by atoms with E-state index < -0.39 is 0 Å². The fourth-order valence-corrected chi connectivity index (χ4v) is 1.83. The molecule has 0 radical (unpaired) electrons. The van der Waals surface area contributed by atoms with Crippen molar-refractivity contribution in [2.75, 3.05) is 19.0 Å². The van der Waals surface area contributed by atoms with E-state index in [1.807, 2.05) is 30.3 Å². The molecule has 0 aromatic heterocycles. The minimum absolute atomic E-state index is 0.244. The highest BCUT2D eigenvalue weighted by molar-refractivity contribution is 6.20. The van der Waals surface area contributed by atoms with Gasteiger partial charge >= 0.3 is 0 Å². The summed E-state index contributed by atoms with van der Waals surface area (Å²) in [6, 6.07) is 7.90. The molecule has 1 heterocycles. The van der Waals surface area contributed by atoms with Crippen LogP contribution in [0.2, 0.25) is 0 Å². The Hall–Kier alpha value is -1.39. The summed E-state index contributed by atoms with van der Waals surface area (Å²) in [5.74, 6) is 1.19. The van der Waals surface area contributed by atoms with Crippen molar-refractivity contribution in [3.05, 3.63) is 41.6 Å². The van der Waals surface area contributed by atoms with Crippen molar-refractivity contribution in [1.29, 1.82) is 0 Å². The molecule has 2 rings (SSSR count). The number of alkyl halides is 2. The molecule has 6 heteroatoms. The van der Waals surface area contributed by atoms with E-state index in [4.69, 9.17) is 27.9 Å². The Morgan fingerprint density at radius 3 is 2.56 bits per heavy atom. The minimum atomic E-state index is 0.244. The lowest BCUT2D eigenvalue weighted by atomic mass is 10.1. The van der Waals surface area contributed by atoms with Gasteiger partial charge in [-0.05, 0) is 30.3 Å². The molecular formula is C12H13Cl2N3O. The highest BCUT2D eigenvalue weighted by atomic mass is 35.5. The van der Waals surface area contributed by atoms with Gasteiger partial charge in [-0.25, -0.2) is 0 Å². The Morgan fingerprint density at radius 2 is 2.00 bits per heavy atom. The summed E-state index contributed by atoms with van der Waals surface area (Å²) in [4.78, 5) is 0. The molecule has 1 aliphatic rings. The van der Waals surface area contributed by atoms with Crippen LogP contribution in [-0.2, 0) is 0 Å². The molecule has 0 unspecified atom stereocenters. The van der Waals surface area contributed by atoms with Crippen LogP contribution in [0.5, 0.6) is 5.75 Å². The second kappa shape index (κ2) is 5.98. The van der Waals surface area contributed by atoms with E-state index in [2.05, 4.69) is 10.5 Å². The molecule has 0 saturated carbocycles. The van der Waals surface area contributed by atoms with Crippen LogP contribution in [0, 0.1) is 0 Å². The van der Waals surface area contributed by atoms with Crippen LogP contribution >= 0.6 is 23.2 Å². The van der Waals surface area contributed by atoms with Gasteiger partial charge in [-0.2, -0.15) is 10.2 Å². The predicted octanol–water partition coefficient (Wildman–Crippen LogP) is 2.54. The zero-order valence-corrected chi connectivity index (χ0v) is 11.4. The summed E-state index contributed by atoms with van der Waals surface area (Å²) in [6.07, 6.45) is 1.90. The average Bonchev–Trinajstić information content (AvgIpc) is 2.46. The second-order valence-electron chi connectivity index (χ2n) is 3.65. The first-order chi connectivity index (χ1) is 8.76. The molecular weight excluding hydrogens is 273 g/mol. The standard InChI is InChI=1S/C12H13Cl2N3O/c1-18-11-4-2-9(3-5-11)12-6-10(7-13)15-17(8-14)16-12/h2-6,15H,7-8H2,1H3. The van der Waals surface area contributed by atoms with E-state index in [1.165, 1.54) is 0 Å². The van der Waals surface area contributed by atoms with E-state index in [1.54, 1.807) is 12.2 Å². The number of halogens is 2. The smallest absolute Gasteiger partial charge is 0.132 e. The number of nitrogens with zero attached hydrogens (tertiary/aromatic N) is 2. The average molecular weight is 286 g/mol. The SMILES string of the molecule is COc1ccc(C2=NN(CCl)NC(CCl)=C2)cc1. The Balaban J connectivity index is 2.29. The third-order valence-corrected chi connectivity index (χ3v) is 2.97. The normalized spacial score (nSPS) is 14.7. The molecule has 0 saturated heterocycles. The van der Waals surface area contributed by atoms with Crippen LogP contribution in [0.15, 0.2) is 41.1 Å². The minimum Gasteiger partial charge on any atom is -0.497 e. The van der Waals surface area contributed by atoms with E-state index in [9.17, 15) is 0 Å².